The van der Waals surface area contributed by atoms with Crippen molar-refractivity contribution in [3.63, 3.8) is 0 Å². The minimum absolute atomic E-state index is 0.00486. The van der Waals surface area contributed by atoms with Crippen LogP contribution in [0.25, 0.3) is 0 Å². The summed E-state index contributed by atoms with van der Waals surface area (Å²) in [4.78, 5) is 14.1. The molecule has 0 bridgehead atoms. The molecule has 0 aliphatic heterocycles. The molecule has 8 nitrogen and oxygen atoms in total. The van der Waals surface area contributed by atoms with E-state index >= 15 is 0 Å². The lowest BCUT2D eigenvalue weighted by Crippen LogP contribution is -2.09. The zero-order valence-electron chi connectivity index (χ0n) is 10.3. The minimum Gasteiger partial charge on any atom is -0.491 e. The molecule has 8 heteroatoms. The molecule has 0 unspecified atom stereocenters. The number of nitro benzene ring substituents is 1. The molecule has 0 saturated heterocycles. The number of nitrogens with zero attached hydrogens (tertiary/aromatic N) is 4. The van der Waals surface area contributed by atoms with Gasteiger partial charge in [0, 0.05) is 6.07 Å². The Morgan fingerprint density at radius 1 is 1.53 bits per heavy atom. The van der Waals surface area contributed by atoms with Crippen LogP contribution in [0.1, 0.15) is 6.92 Å². The van der Waals surface area contributed by atoms with Gasteiger partial charge >= 0.3 is 0 Å². The van der Waals surface area contributed by atoms with Gasteiger partial charge in [-0.3, -0.25) is 10.1 Å². The SMILES string of the molecule is CCOc1cc([N+](=O)[O-])ccc1NCn1cncn1. The van der Waals surface area contributed by atoms with Crippen LogP contribution in [0.15, 0.2) is 30.9 Å². The third kappa shape index (κ3) is 3.18. The Labute approximate surface area is 109 Å². The lowest BCUT2D eigenvalue weighted by molar-refractivity contribution is -0.384. The number of aromatic nitrogens is 3. The first-order chi connectivity index (χ1) is 9.20. The highest BCUT2D eigenvalue weighted by Gasteiger charge is 2.11. The predicted molar refractivity (Wildman–Crippen MR) is 67.9 cm³/mol. The summed E-state index contributed by atoms with van der Waals surface area (Å²) in [5, 5.41) is 17.7. The first-order valence-electron chi connectivity index (χ1n) is 5.68. The van der Waals surface area contributed by atoms with Crippen molar-refractivity contribution >= 4 is 11.4 Å². The van der Waals surface area contributed by atoms with Crippen molar-refractivity contribution in [1.29, 1.82) is 0 Å². The molecule has 1 heterocycles. The van der Waals surface area contributed by atoms with Gasteiger partial charge < -0.3 is 10.1 Å². The third-order valence-electron chi connectivity index (χ3n) is 2.37. The van der Waals surface area contributed by atoms with Gasteiger partial charge in [-0.15, -0.1) is 0 Å². The summed E-state index contributed by atoms with van der Waals surface area (Å²) in [6.45, 7) is 2.65. The summed E-state index contributed by atoms with van der Waals surface area (Å²) < 4.78 is 6.98. The van der Waals surface area contributed by atoms with Gasteiger partial charge in [0.1, 0.15) is 25.1 Å². The van der Waals surface area contributed by atoms with Gasteiger partial charge in [0.25, 0.3) is 5.69 Å². The Bertz CT molecular complexity index is 555. The Morgan fingerprint density at radius 3 is 3.00 bits per heavy atom. The highest BCUT2D eigenvalue weighted by Crippen LogP contribution is 2.29. The number of anilines is 1. The molecule has 0 saturated carbocycles. The fourth-order valence-electron chi connectivity index (χ4n) is 1.53. The monoisotopic (exact) mass is 263 g/mol. The maximum atomic E-state index is 10.7. The maximum absolute atomic E-state index is 10.7. The molecule has 2 aromatic rings. The topological polar surface area (TPSA) is 95.1 Å². The number of rotatable bonds is 6. The molecule has 0 atom stereocenters. The molecule has 0 amide bonds. The Morgan fingerprint density at radius 2 is 2.37 bits per heavy atom. The second-order valence-electron chi connectivity index (χ2n) is 3.64. The van der Waals surface area contributed by atoms with Crippen molar-refractivity contribution in [1.82, 2.24) is 14.8 Å². The van der Waals surface area contributed by atoms with Crippen LogP contribution in [0.5, 0.6) is 5.75 Å². The summed E-state index contributed by atoms with van der Waals surface area (Å²) in [6, 6.07) is 4.43. The highest BCUT2D eigenvalue weighted by molar-refractivity contribution is 5.60. The van der Waals surface area contributed by atoms with E-state index in [4.69, 9.17) is 4.74 Å². The lowest BCUT2D eigenvalue weighted by Gasteiger charge is -2.11. The smallest absolute Gasteiger partial charge is 0.273 e. The molecule has 0 fully saturated rings. The molecule has 0 radical (unpaired) electrons. The Balaban J connectivity index is 2.16. The Hall–Kier alpha value is -2.64. The van der Waals surface area contributed by atoms with Crippen LogP contribution >= 0.6 is 0 Å². The van der Waals surface area contributed by atoms with Gasteiger partial charge in [-0.1, -0.05) is 0 Å². The molecule has 19 heavy (non-hydrogen) atoms. The van der Waals surface area contributed by atoms with Gasteiger partial charge in [-0.05, 0) is 13.0 Å². The molecule has 1 N–H and O–H groups in total. The third-order valence-corrected chi connectivity index (χ3v) is 2.37. The summed E-state index contributed by atoms with van der Waals surface area (Å²) in [7, 11) is 0. The summed E-state index contributed by atoms with van der Waals surface area (Å²) in [5.74, 6) is 0.441. The molecular formula is C11H13N5O3. The maximum Gasteiger partial charge on any atom is 0.273 e. The van der Waals surface area contributed by atoms with Crippen molar-refractivity contribution in [2.45, 2.75) is 13.6 Å². The van der Waals surface area contributed by atoms with Crippen LogP contribution in [-0.2, 0) is 6.67 Å². The average Bonchev–Trinajstić information content (AvgIpc) is 2.90. The van der Waals surface area contributed by atoms with Crippen molar-refractivity contribution < 1.29 is 9.66 Å². The van der Waals surface area contributed by atoms with Crippen LogP contribution in [0, 0.1) is 10.1 Å². The number of hydrogen-bond acceptors (Lipinski definition) is 6. The van der Waals surface area contributed by atoms with E-state index in [1.54, 1.807) is 17.1 Å². The lowest BCUT2D eigenvalue weighted by atomic mass is 10.2. The van der Waals surface area contributed by atoms with Crippen LogP contribution in [0.3, 0.4) is 0 Å². The van der Waals surface area contributed by atoms with Crippen molar-refractivity contribution in [3.05, 3.63) is 41.0 Å². The number of nitro groups is 1. The van der Waals surface area contributed by atoms with Gasteiger partial charge in [0.05, 0.1) is 23.3 Å². The summed E-state index contributed by atoms with van der Waals surface area (Å²) in [5.41, 5.74) is 0.665. The predicted octanol–water partition coefficient (Wildman–Crippen LogP) is 1.65. The number of hydrogen-bond donors (Lipinski definition) is 1. The fraction of sp³-hybridized carbons (Fsp3) is 0.273. The number of benzene rings is 1. The van der Waals surface area contributed by atoms with E-state index in [-0.39, 0.29) is 5.69 Å². The minimum atomic E-state index is -0.455. The van der Waals surface area contributed by atoms with Gasteiger partial charge in [-0.2, -0.15) is 5.10 Å². The molecule has 100 valence electrons. The molecule has 0 aliphatic carbocycles. The van der Waals surface area contributed by atoms with E-state index in [0.717, 1.165) is 0 Å². The largest absolute Gasteiger partial charge is 0.491 e. The Kier molecular flexibility index (Phi) is 3.91. The van der Waals surface area contributed by atoms with Gasteiger partial charge in [0.15, 0.2) is 0 Å². The van der Waals surface area contributed by atoms with E-state index in [1.807, 2.05) is 6.92 Å². The van der Waals surface area contributed by atoms with Crippen LogP contribution in [0.4, 0.5) is 11.4 Å². The highest BCUT2D eigenvalue weighted by atomic mass is 16.6. The fourth-order valence-corrected chi connectivity index (χ4v) is 1.53. The van der Waals surface area contributed by atoms with E-state index < -0.39 is 4.92 Å². The van der Waals surface area contributed by atoms with Crippen LogP contribution in [-0.4, -0.2) is 26.3 Å². The van der Waals surface area contributed by atoms with Crippen molar-refractivity contribution in [3.8, 4) is 5.75 Å². The first kappa shape index (κ1) is 12.8. The van der Waals surface area contributed by atoms with E-state index in [2.05, 4.69) is 15.4 Å². The molecule has 2 rings (SSSR count). The average molecular weight is 263 g/mol. The van der Waals surface area contributed by atoms with E-state index in [0.29, 0.717) is 24.7 Å². The summed E-state index contributed by atoms with van der Waals surface area (Å²) >= 11 is 0. The number of non-ortho nitro benzene ring substituents is 1. The quantitative estimate of drug-likeness (QED) is 0.629. The second-order valence-corrected chi connectivity index (χ2v) is 3.64. The van der Waals surface area contributed by atoms with Gasteiger partial charge in [0.2, 0.25) is 0 Å². The van der Waals surface area contributed by atoms with Gasteiger partial charge in [-0.25, -0.2) is 9.67 Å². The first-order valence-corrected chi connectivity index (χ1v) is 5.68. The number of ether oxygens (including phenoxy) is 1. The number of nitrogens with one attached hydrogen (secondary N) is 1. The zero-order chi connectivity index (χ0) is 13.7. The molecule has 1 aromatic carbocycles. The second kappa shape index (κ2) is 5.80. The molecule has 1 aromatic heterocycles. The van der Waals surface area contributed by atoms with E-state index in [9.17, 15) is 10.1 Å². The summed E-state index contributed by atoms with van der Waals surface area (Å²) in [6.07, 6.45) is 3.00. The van der Waals surface area contributed by atoms with Crippen molar-refractivity contribution in [2.75, 3.05) is 11.9 Å². The van der Waals surface area contributed by atoms with Crippen LogP contribution < -0.4 is 10.1 Å². The van der Waals surface area contributed by atoms with Crippen LogP contribution in [0.2, 0.25) is 0 Å². The van der Waals surface area contributed by atoms with Crippen molar-refractivity contribution in [2.24, 2.45) is 0 Å². The molecular weight excluding hydrogens is 250 g/mol. The zero-order valence-corrected chi connectivity index (χ0v) is 10.3. The normalized spacial score (nSPS) is 10.2. The molecule has 0 aliphatic rings. The standard InChI is InChI=1S/C11H13N5O3/c1-2-19-11-5-9(16(17)18)3-4-10(11)13-8-15-7-12-6-14-15/h3-7,13H,2,8H2,1H3. The van der Waals surface area contributed by atoms with E-state index in [1.165, 1.54) is 18.5 Å². The molecule has 0 spiro atoms.